The van der Waals surface area contributed by atoms with Crippen LogP contribution in [0.2, 0.25) is 0 Å². The van der Waals surface area contributed by atoms with Crippen molar-refractivity contribution in [2.24, 2.45) is 0 Å². The second kappa shape index (κ2) is 13.3. The summed E-state index contributed by atoms with van der Waals surface area (Å²) >= 11 is 0. The Morgan fingerprint density at radius 2 is 1.03 bits per heavy atom. The van der Waals surface area contributed by atoms with E-state index in [0.29, 0.717) is 6.42 Å². The molecule has 0 saturated heterocycles. The minimum absolute atomic E-state index is 0.178. The SMILES string of the molecule is Cc1ccc(S(=O)(=O)[O-])cc1.O=S(=O)(O)CCCC[P+](c1ccccc1)(c1ccccc1)c1ccccc1. The Labute approximate surface area is 226 Å². The Bertz CT molecular complexity index is 1400. The highest BCUT2D eigenvalue weighted by Crippen LogP contribution is 2.55. The highest BCUT2D eigenvalue weighted by atomic mass is 32.2. The molecule has 1 N–H and O–H groups in total. The molecule has 0 fully saturated rings. The van der Waals surface area contributed by atoms with Crippen molar-refractivity contribution < 1.29 is 25.9 Å². The lowest BCUT2D eigenvalue weighted by atomic mass is 10.2. The minimum Gasteiger partial charge on any atom is -0.744 e. The van der Waals surface area contributed by atoms with Gasteiger partial charge < -0.3 is 4.55 Å². The topological polar surface area (TPSA) is 112 Å². The van der Waals surface area contributed by atoms with Crippen LogP contribution in [0.5, 0.6) is 0 Å². The Morgan fingerprint density at radius 1 is 0.632 bits per heavy atom. The Balaban J connectivity index is 0.000000304. The predicted molar refractivity (Wildman–Crippen MR) is 155 cm³/mol. The standard InChI is InChI=1S/C22H23O3PS.C7H8O3S/c23-27(24,25)19-11-10-18-26(20-12-4-1-5-13-20,21-14-6-2-7-15-21)22-16-8-3-9-17-22;1-6-2-4-7(5-3-6)11(8,9)10/h1-9,12-17H,10-11,18-19H2;2-5H,1H3,(H,8,9,10). The van der Waals surface area contributed by atoms with Gasteiger partial charge >= 0.3 is 0 Å². The normalized spacial score (nSPS) is 11.9. The van der Waals surface area contributed by atoms with Gasteiger partial charge in [-0.1, -0.05) is 72.3 Å². The Kier molecular flexibility index (Phi) is 10.4. The highest BCUT2D eigenvalue weighted by Gasteiger charge is 2.44. The van der Waals surface area contributed by atoms with Crippen LogP contribution in [-0.2, 0) is 20.2 Å². The maximum Gasteiger partial charge on any atom is 0.264 e. The molecule has 0 aliphatic heterocycles. The first kappa shape index (κ1) is 29.7. The van der Waals surface area contributed by atoms with E-state index in [2.05, 4.69) is 72.8 Å². The molecule has 0 aliphatic carbocycles. The number of hydrogen-bond acceptors (Lipinski definition) is 5. The summed E-state index contributed by atoms with van der Waals surface area (Å²) in [6.07, 6.45) is 2.04. The van der Waals surface area contributed by atoms with E-state index < -0.39 is 27.5 Å². The van der Waals surface area contributed by atoms with Crippen molar-refractivity contribution in [2.45, 2.75) is 24.7 Å². The molecule has 0 spiro atoms. The number of aryl methyl sites for hydroxylation is 1. The third-order valence-corrected chi connectivity index (χ3v) is 12.2. The Morgan fingerprint density at radius 3 is 1.37 bits per heavy atom. The van der Waals surface area contributed by atoms with Gasteiger partial charge in [-0.15, -0.1) is 0 Å². The van der Waals surface area contributed by atoms with Crippen molar-refractivity contribution in [3.05, 3.63) is 121 Å². The lowest BCUT2D eigenvalue weighted by Crippen LogP contribution is -2.33. The summed E-state index contributed by atoms with van der Waals surface area (Å²) in [6, 6.07) is 37.3. The Hall–Kier alpha value is -2.87. The van der Waals surface area contributed by atoms with E-state index in [4.69, 9.17) is 4.55 Å². The second-order valence-corrected chi connectivity index (χ2v) is 15.4. The predicted octanol–water partition coefficient (Wildman–Crippen LogP) is 4.55. The van der Waals surface area contributed by atoms with Gasteiger partial charge in [0.2, 0.25) is 0 Å². The van der Waals surface area contributed by atoms with Gasteiger partial charge in [-0.2, -0.15) is 8.42 Å². The molecule has 38 heavy (non-hydrogen) atoms. The zero-order valence-electron chi connectivity index (χ0n) is 21.1. The largest absolute Gasteiger partial charge is 0.744 e. The average molecular weight is 571 g/mol. The van der Waals surface area contributed by atoms with Crippen molar-refractivity contribution in [3.8, 4) is 0 Å². The molecule has 200 valence electrons. The molecule has 0 bridgehead atoms. The maximum absolute atomic E-state index is 11.1. The summed E-state index contributed by atoms with van der Waals surface area (Å²) in [5.74, 6) is -0.189. The summed E-state index contributed by atoms with van der Waals surface area (Å²) in [5.41, 5.74) is 0.928. The summed E-state index contributed by atoms with van der Waals surface area (Å²) in [6.45, 7) is 1.82. The van der Waals surface area contributed by atoms with Crippen molar-refractivity contribution in [3.63, 3.8) is 0 Å². The van der Waals surface area contributed by atoms with Gasteiger partial charge in [0.1, 0.15) is 33.3 Å². The van der Waals surface area contributed by atoms with Crippen LogP contribution in [-0.4, -0.2) is 37.9 Å². The van der Waals surface area contributed by atoms with E-state index in [9.17, 15) is 21.4 Å². The third-order valence-electron chi connectivity index (χ3n) is 6.05. The summed E-state index contributed by atoms with van der Waals surface area (Å²) < 4.78 is 62.5. The van der Waals surface area contributed by atoms with Crippen LogP contribution in [0.3, 0.4) is 0 Å². The smallest absolute Gasteiger partial charge is 0.264 e. The summed E-state index contributed by atoms with van der Waals surface area (Å²) in [5, 5.41) is 3.86. The van der Waals surface area contributed by atoms with Crippen molar-refractivity contribution in [1.82, 2.24) is 0 Å². The maximum atomic E-state index is 11.1. The van der Waals surface area contributed by atoms with Crippen molar-refractivity contribution >= 4 is 43.4 Å². The molecular formula is C29H31O6PS2. The minimum atomic E-state index is -4.27. The van der Waals surface area contributed by atoms with Gasteiger partial charge in [0, 0.05) is 0 Å². The molecule has 6 nitrogen and oxygen atoms in total. The molecule has 0 radical (unpaired) electrons. The van der Waals surface area contributed by atoms with Crippen LogP contribution >= 0.6 is 7.26 Å². The fourth-order valence-electron chi connectivity index (χ4n) is 4.22. The molecule has 0 atom stereocenters. The van der Waals surface area contributed by atoms with Crippen molar-refractivity contribution in [2.75, 3.05) is 11.9 Å². The molecule has 4 rings (SSSR count). The van der Waals surface area contributed by atoms with E-state index in [-0.39, 0.29) is 10.6 Å². The first-order valence-corrected chi connectivity index (χ1v) is 17.0. The first-order chi connectivity index (χ1) is 18.0. The molecule has 0 unspecified atom stereocenters. The van der Waals surface area contributed by atoms with Crippen LogP contribution in [0, 0.1) is 6.92 Å². The fraction of sp³-hybridized carbons (Fsp3) is 0.172. The summed E-state index contributed by atoms with van der Waals surface area (Å²) in [4.78, 5) is -0.178. The molecule has 4 aromatic carbocycles. The lowest BCUT2D eigenvalue weighted by Gasteiger charge is -2.27. The zero-order chi connectivity index (χ0) is 27.7. The van der Waals surface area contributed by atoms with Crippen molar-refractivity contribution in [1.29, 1.82) is 0 Å². The van der Waals surface area contributed by atoms with Crippen LogP contribution in [0.4, 0.5) is 0 Å². The summed E-state index contributed by atoms with van der Waals surface area (Å²) in [7, 11) is -10.1. The van der Waals surface area contributed by atoms with Gasteiger partial charge in [-0.05, 0) is 68.3 Å². The van der Waals surface area contributed by atoms with Gasteiger partial charge in [0.15, 0.2) is 0 Å². The van der Waals surface area contributed by atoms with Crippen LogP contribution in [0.15, 0.2) is 120 Å². The second-order valence-electron chi connectivity index (χ2n) is 8.80. The number of unbranched alkanes of at least 4 members (excludes halogenated alkanes) is 1. The van der Waals surface area contributed by atoms with Crippen LogP contribution in [0.1, 0.15) is 18.4 Å². The third kappa shape index (κ3) is 8.32. The molecule has 0 heterocycles. The molecule has 0 aliphatic rings. The lowest BCUT2D eigenvalue weighted by molar-refractivity contribution is 0.463. The van der Waals surface area contributed by atoms with Gasteiger partial charge in [-0.3, -0.25) is 4.55 Å². The first-order valence-electron chi connectivity index (χ1n) is 12.0. The van der Waals surface area contributed by atoms with E-state index >= 15 is 0 Å². The fourth-order valence-corrected chi connectivity index (χ4v) is 9.67. The number of hydrogen-bond donors (Lipinski definition) is 1. The molecular weight excluding hydrogens is 539 g/mol. The molecule has 0 saturated carbocycles. The van der Waals surface area contributed by atoms with E-state index in [1.807, 2.05) is 25.1 Å². The number of benzene rings is 4. The van der Waals surface area contributed by atoms with Crippen LogP contribution < -0.4 is 15.9 Å². The molecule has 0 aromatic heterocycles. The molecule has 9 heteroatoms. The van der Waals surface area contributed by atoms with E-state index in [0.717, 1.165) is 18.1 Å². The highest BCUT2D eigenvalue weighted by molar-refractivity contribution is 7.95. The quantitative estimate of drug-likeness (QED) is 0.180. The molecule has 0 amide bonds. The van der Waals surface area contributed by atoms with Gasteiger partial charge in [0.05, 0.1) is 16.8 Å². The number of rotatable bonds is 9. The van der Waals surface area contributed by atoms with Crippen LogP contribution in [0.25, 0.3) is 0 Å². The van der Waals surface area contributed by atoms with Gasteiger partial charge in [0.25, 0.3) is 10.1 Å². The average Bonchev–Trinajstić information content (AvgIpc) is 2.90. The van der Waals surface area contributed by atoms with E-state index in [1.165, 1.54) is 28.0 Å². The van der Waals surface area contributed by atoms with E-state index in [1.54, 1.807) is 12.1 Å². The monoisotopic (exact) mass is 570 g/mol. The zero-order valence-corrected chi connectivity index (χ0v) is 23.6. The molecule has 4 aromatic rings. The van der Waals surface area contributed by atoms with Gasteiger partial charge in [-0.25, -0.2) is 8.42 Å².